The van der Waals surface area contributed by atoms with E-state index in [0.717, 1.165) is 5.75 Å². The average molecular weight is 379 g/mol. The number of ether oxygens (including phenoxy) is 3. The Kier molecular flexibility index (Phi) is 7.70. The van der Waals surface area contributed by atoms with Crippen molar-refractivity contribution in [3.05, 3.63) is 53.3 Å². The van der Waals surface area contributed by atoms with Gasteiger partial charge in [-0.2, -0.15) is 0 Å². The number of hydrogen-bond acceptors (Lipinski definition) is 6. The zero-order valence-electron chi connectivity index (χ0n) is 14.2. The molecule has 0 fully saturated rings. The average Bonchev–Trinajstić information content (AvgIpc) is 2.65. The maximum Gasteiger partial charge on any atom is 0.340 e. The summed E-state index contributed by atoms with van der Waals surface area (Å²) in [6, 6.07) is 10.1. The molecule has 26 heavy (non-hydrogen) atoms. The van der Waals surface area contributed by atoms with E-state index in [4.69, 9.17) is 25.8 Å². The van der Waals surface area contributed by atoms with E-state index in [1.54, 1.807) is 12.1 Å². The fraction of sp³-hybridized carbons (Fsp3) is 0.278. The van der Waals surface area contributed by atoms with Gasteiger partial charge >= 0.3 is 5.97 Å². The molecule has 0 atom stereocenters. The van der Waals surface area contributed by atoms with Gasteiger partial charge in [0.25, 0.3) is 5.91 Å². The molecule has 1 N–H and O–H groups in total. The van der Waals surface area contributed by atoms with Crippen LogP contribution in [0, 0.1) is 0 Å². The summed E-state index contributed by atoms with van der Waals surface area (Å²) in [5, 5.41) is 2.87. The molecule has 1 aromatic heterocycles. The summed E-state index contributed by atoms with van der Waals surface area (Å²) in [4.78, 5) is 27.2. The van der Waals surface area contributed by atoms with Crippen molar-refractivity contribution in [3.63, 3.8) is 0 Å². The number of esters is 1. The first kappa shape index (κ1) is 19.5. The summed E-state index contributed by atoms with van der Waals surface area (Å²) < 4.78 is 15.7. The van der Waals surface area contributed by atoms with Crippen LogP contribution in [0.3, 0.4) is 0 Å². The first-order chi connectivity index (χ1) is 12.6. The van der Waals surface area contributed by atoms with Gasteiger partial charge in [-0.25, -0.2) is 9.78 Å². The number of aromatic nitrogens is 1. The Balaban J connectivity index is 1.62. The molecule has 2 aromatic rings. The third kappa shape index (κ3) is 6.60. The second kappa shape index (κ2) is 10.2. The molecule has 0 aliphatic carbocycles. The zero-order chi connectivity index (χ0) is 18.8. The number of nitrogens with zero attached hydrogens (tertiary/aromatic N) is 1. The SMILES string of the molecule is CCOc1ccc(OCCNC(=O)COC(=O)c2ccc(Cl)nc2)cc1. The molecule has 7 nitrogen and oxygen atoms in total. The third-order valence-electron chi connectivity index (χ3n) is 3.13. The van der Waals surface area contributed by atoms with Gasteiger partial charge in [-0.05, 0) is 43.3 Å². The summed E-state index contributed by atoms with van der Waals surface area (Å²) in [5.41, 5.74) is 0.223. The maximum atomic E-state index is 11.7. The Hall–Kier alpha value is -2.80. The number of amides is 1. The highest BCUT2D eigenvalue weighted by Gasteiger charge is 2.10. The fourth-order valence-corrected chi connectivity index (χ4v) is 2.03. The smallest absolute Gasteiger partial charge is 0.340 e. The molecular weight excluding hydrogens is 360 g/mol. The van der Waals surface area contributed by atoms with Crippen molar-refractivity contribution >= 4 is 23.5 Å². The van der Waals surface area contributed by atoms with Crippen molar-refractivity contribution in [1.82, 2.24) is 10.3 Å². The normalized spacial score (nSPS) is 10.1. The van der Waals surface area contributed by atoms with Crippen LogP contribution in [0.1, 0.15) is 17.3 Å². The van der Waals surface area contributed by atoms with Crippen molar-refractivity contribution in [1.29, 1.82) is 0 Å². The second-order valence-corrected chi connectivity index (χ2v) is 5.44. The Labute approximate surface area is 156 Å². The first-order valence-corrected chi connectivity index (χ1v) is 8.37. The van der Waals surface area contributed by atoms with E-state index >= 15 is 0 Å². The molecule has 1 heterocycles. The van der Waals surface area contributed by atoms with Crippen LogP contribution in [0.15, 0.2) is 42.6 Å². The van der Waals surface area contributed by atoms with E-state index in [9.17, 15) is 9.59 Å². The Bertz CT molecular complexity index is 719. The number of pyridine rings is 1. The van der Waals surface area contributed by atoms with Crippen LogP contribution < -0.4 is 14.8 Å². The standard InChI is InChI=1S/C18H19ClN2O5/c1-2-24-14-4-6-15(7-5-14)25-10-9-20-17(22)12-26-18(23)13-3-8-16(19)21-11-13/h3-8,11H,2,9-10,12H2,1H3,(H,20,22). The third-order valence-corrected chi connectivity index (χ3v) is 3.35. The van der Waals surface area contributed by atoms with Crippen LogP contribution in [0.4, 0.5) is 0 Å². The van der Waals surface area contributed by atoms with E-state index in [1.165, 1.54) is 18.3 Å². The van der Waals surface area contributed by atoms with Gasteiger partial charge in [0.1, 0.15) is 23.3 Å². The number of carbonyl (C=O) groups is 2. The molecule has 0 unspecified atom stereocenters. The Morgan fingerprint density at radius 1 is 1.08 bits per heavy atom. The lowest BCUT2D eigenvalue weighted by Gasteiger charge is -2.09. The van der Waals surface area contributed by atoms with Gasteiger partial charge in [-0.1, -0.05) is 11.6 Å². The lowest BCUT2D eigenvalue weighted by Crippen LogP contribution is -2.32. The van der Waals surface area contributed by atoms with Crippen molar-refractivity contribution in [2.45, 2.75) is 6.92 Å². The molecule has 1 amide bonds. The summed E-state index contributed by atoms with van der Waals surface area (Å²) >= 11 is 5.64. The highest BCUT2D eigenvalue weighted by Crippen LogP contribution is 2.17. The van der Waals surface area contributed by atoms with Crippen molar-refractivity contribution < 1.29 is 23.8 Å². The minimum atomic E-state index is -0.644. The van der Waals surface area contributed by atoms with Crippen LogP contribution >= 0.6 is 11.6 Å². The summed E-state index contributed by atoms with van der Waals surface area (Å²) in [6.07, 6.45) is 1.28. The van der Waals surface area contributed by atoms with Crippen molar-refractivity contribution in [3.8, 4) is 11.5 Å². The molecule has 2 rings (SSSR count). The molecule has 0 aliphatic rings. The van der Waals surface area contributed by atoms with Crippen LogP contribution in [0.5, 0.6) is 11.5 Å². The minimum Gasteiger partial charge on any atom is -0.494 e. The summed E-state index contributed by atoms with van der Waals surface area (Å²) in [5.74, 6) is 0.376. The van der Waals surface area contributed by atoms with Gasteiger partial charge in [0.05, 0.1) is 18.7 Å². The maximum absolute atomic E-state index is 11.7. The highest BCUT2D eigenvalue weighted by atomic mass is 35.5. The van der Waals surface area contributed by atoms with Crippen LogP contribution in [-0.4, -0.2) is 43.2 Å². The number of carbonyl (C=O) groups excluding carboxylic acids is 2. The molecule has 1 aromatic carbocycles. The largest absolute Gasteiger partial charge is 0.494 e. The van der Waals surface area contributed by atoms with Gasteiger partial charge in [-0.15, -0.1) is 0 Å². The molecule has 0 spiro atoms. The van der Waals surface area contributed by atoms with Crippen LogP contribution in [-0.2, 0) is 9.53 Å². The molecule has 8 heteroatoms. The predicted octanol–water partition coefficient (Wildman–Crippen LogP) is 2.49. The highest BCUT2D eigenvalue weighted by molar-refractivity contribution is 6.29. The van der Waals surface area contributed by atoms with Gasteiger partial charge < -0.3 is 19.5 Å². The monoisotopic (exact) mass is 378 g/mol. The molecule has 0 aliphatic heterocycles. The van der Waals surface area contributed by atoms with E-state index in [1.807, 2.05) is 19.1 Å². The quantitative estimate of drug-likeness (QED) is 0.410. The van der Waals surface area contributed by atoms with Gasteiger partial charge in [0, 0.05) is 6.20 Å². The first-order valence-electron chi connectivity index (χ1n) is 7.99. The summed E-state index contributed by atoms with van der Waals surface area (Å²) in [6.45, 7) is 2.70. The molecule has 138 valence electrons. The predicted molar refractivity (Wildman–Crippen MR) is 95.6 cm³/mol. The van der Waals surface area contributed by atoms with Gasteiger partial charge in [-0.3, -0.25) is 4.79 Å². The molecule has 0 radical (unpaired) electrons. The van der Waals surface area contributed by atoms with Gasteiger partial charge in [0.15, 0.2) is 6.61 Å². The molecule has 0 bridgehead atoms. The molecule has 0 saturated heterocycles. The lowest BCUT2D eigenvalue weighted by atomic mass is 10.3. The van der Waals surface area contributed by atoms with Crippen molar-refractivity contribution in [2.24, 2.45) is 0 Å². The number of nitrogens with one attached hydrogen (secondary N) is 1. The topological polar surface area (TPSA) is 86.8 Å². The van der Waals surface area contributed by atoms with Crippen LogP contribution in [0.2, 0.25) is 5.15 Å². The van der Waals surface area contributed by atoms with E-state index in [-0.39, 0.29) is 30.5 Å². The number of hydrogen-bond donors (Lipinski definition) is 1. The zero-order valence-corrected chi connectivity index (χ0v) is 15.0. The van der Waals surface area contributed by atoms with Crippen molar-refractivity contribution in [2.75, 3.05) is 26.4 Å². The lowest BCUT2D eigenvalue weighted by molar-refractivity contribution is -0.124. The van der Waals surface area contributed by atoms with Crippen LogP contribution in [0.25, 0.3) is 0 Å². The van der Waals surface area contributed by atoms with E-state index < -0.39 is 11.9 Å². The number of halogens is 1. The minimum absolute atomic E-state index is 0.223. The number of rotatable bonds is 9. The second-order valence-electron chi connectivity index (χ2n) is 5.05. The Morgan fingerprint density at radius 3 is 2.38 bits per heavy atom. The fourth-order valence-electron chi connectivity index (χ4n) is 1.92. The van der Waals surface area contributed by atoms with E-state index in [2.05, 4.69) is 10.3 Å². The van der Waals surface area contributed by atoms with E-state index in [0.29, 0.717) is 12.4 Å². The Morgan fingerprint density at radius 2 is 1.77 bits per heavy atom. The van der Waals surface area contributed by atoms with Gasteiger partial charge in [0.2, 0.25) is 0 Å². The molecule has 0 saturated carbocycles. The molecular formula is C18H19ClN2O5. The number of benzene rings is 1. The summed E-state index contributed by atoms with van der Waals surface area (Å²) in [7, 11) is 0.